The summed E-state index contributed by atoms with van der Waals surface area (Å²) < 4.78 is 11.1. The Hall–Kier alpha value is -2.62. The molecule has 1 saturated heterocycles. The van der Waals surface area contributed by atoms with E-state index in [9.17, 15) is 4.79 Å². The topological polar surface area (TPSA) is 97.2 Å². The number of aromatic nitrogens is 1. The lowest BCUT2D eigenvalue weighted by Gasteiger charge is -2.27. The molecule has 0 radical (unpaired) electrons. The van der Waals surface area contributed by atoms with Gasteiger partial charge in [-0.15, -0.1) is 12.4 Å². The summed E-state index contributed by atoms with van der Waals surface area (Å²) in [5, 5.41) is 6.94. The van der Waals surface area contributed by atoms with Crippen molar-refractivity contribution >= 4 is 46.5 Å². The number of ether oxygens (including phenoxy) is 2. The molecule has 0 aliphatic carbocycles. The number of nitrogens with zero attached hydrogens (tertiary/aromatic N) is 3. The van der Waals surface area contributed by atoms with Crippen LogP contribution in [0, 0.1) is 0 Å². The number of nitrogens with one attached hydrogen (secondary N) is 2. The molecule has 2 N–H and O–H groups in total. The molecule has 0 atom stereocenters. The first-order valence-corrected chi connectivity index (χ1v) is 11.1. The van der Waals surface area contributed by atoms with E-state index in [0.29, 0.717) is 17.5 Å². The van der Waals surface area contributed by atoms with E-state index < -0.39 is 0 Å². The number of aliphatic imine (C=N–C) groups is 2. The molecule has 1 aromatic carbocycles. The lowest BCUT2D eigenvalue weighted by atomic mass is 10.0. The third kappa shape index (κ3) is 5.79. The van der Waals surface area contributed by atoms with Crippen molar-refractivity contribution in [2.75, 3.05) is 31.5 Å². The number of carbonyl (C=O) groups excluding carboxylic acids is 1. The average molecular weight is 476 g/mol. The highest BCUT2D eigenvalue weighted by molar-refractivity contribution is 8.15. The Morgan fingerprint density at radius 1 is 1.16 bits per heavy atom. The fourth-order valence-corrected chi connectivity index (χ4v) is 4.33. The van der Waals surface area contributed by atoms with Crippen LogP contribution in [0.4, 0.5) is 5.69 Å². The number of hydrogen-bond acceptors (Lipinski definition) is 8. The summed E-state index contributed by atoms with van der Waals surface area (Å²) in [7, 11) is 1.66. The van der Waals surface area contributed by atoms with Crippen molar-refractivity contribution in [1.82, 2.24) is 10.3 Å². The maximum absolute atomic E-state index is 11.1. The van der Waals surface area contributed by atoms with Crippen LogP contribution in [0.5, 0.6) is 11.6 Å². The molecule has 1 fully saturated rings. The van der Waals surface area contributed by atoms with Gasteiger partial charge in [0.05, 0.1) is 24.7 Å². The van der Waals surface area contributed by atoms with Gasteiger partial charge in [0.1, 0.15) is 16.7 Å². The molecule has 32 heavy (non-hydrogen) atoms. The lowest BCUT2D eigenvalue weighted by Crippen LogP contribution is -2.38. The maximum atomic E-state index is 11.1. The number of rotatable bonds is 6. The lowest BCUT2D eigenvalue weighted by molar-refractivity contribution is -0.114. The van der Waals surface area contributed by atoms with Gasteiger partial charge < -0.3 is 20.1 Å². The number of anilines is 1. The second kappa shape index (κ2) is 10.8. The number of benzene rings is 1. The van der Waals surface area contributed by atoms with Crippen molar-refractivity contribution in [2.45, 2.75) is 25.4 Å². The monoisotopic (exact) mass is 475 g/mol. The normalized spacial score (nSPS) is 16.6. The van der Waals surface area contributed by atoms with E-state index in [2.05, 4.69) is 15.6 Å². The van der Waals surface area contributed by atoms with Gasteiger partial charge in [0.15, 0.2) is 5.66 Å². The molecule has 2 aliphatic rings. The van der Waals surface area contributed by atoms with Crippen molar-refractivity contribution in [2.24, 2.45) is 9.98 Å². The molecule has 1 aromatic heterocycles. The minimum atomic E-state index is -0.388. The molecular weight excluding hydrogens is 450 g/mol. The molecule has 170 valence electrons. The molecule has 10 heteroatoms. The summed E-state index contributed by atoms with van der Waals surface area (Å²) in [5.74, 6) is 1.51. The molecule has 8 nitrogen and oxygen atoms in total. The van der Waals surface area contributed by atoms with Gasteiger partial charge in [-0.05, 0) is 43.4 Å². The van der Waals surface area contributed by atoms with Gasteiger partial charge in [-0.25, -0.2) is 9.98 Å². The Morgan fingerprint density at radius 2 is 1.91 bits per heavy atom. The van der Waals surface area contributed by atoms with Gasteiger partial charge in [-0.3, -0.25) is 9.79 Å². The number of amides is 1. The Kier molecular flexibility index (Phi) is 8.11. The molecule has 2 aliphatic heterocycles. The summed E-state index contributed by atoms with van der Waals surface area (Å²) in [6.45, 7) is 3.27. The number of carbonyl (C=O) groups is 1. The summed E-state index contributed by atoms with van der Waals surface area (Å²) in [5.41, 5.74) is 2.16. The van der Waals surface area contributed by atoms with Crippen LogP contribution in [0.2, 0.25) is 0 Å². The molecule has 2 aromatic rings. The number of pyridine rings is 1. The summed E-state index contributed by atoms with van der Waals surface area (Å²) in [4.78, 5) is 25.4. The summed E-state index contributed by atoms with van der Waals surface area (Å²) in [6.07, 6.45) is 3.33. The Morgan fingerprint density at radius 3 is 2.53 bits per heavy atom. The van der Waals surface area contributed by atoms with E-state index in [1.54, 1.807) is 25.4 Å². The third-order valence-corrected chi connectivity index (χ3v) is 5.85. The zero-order chi connectivity index (χ0) is 21.7. The second-order valence-corrected chi connectivity index (χ2v) is 8.22. The van der Waals surface area contributed by atoms with Crippen LogP contribution in [0.15, 0.2) is 52.6 Å². The molecule has 1 amide bonds. The van der Waals surface area contributed by atoms with E-state index in [4.69, 9.17) is 19.5 Å². The first-order chi connectivity index (χ1) is 15.1. The van der Waals surface area contributed by atoms with Crippen LogP contribution >= 0.6 is 24.2 Å². The van der Waals surface area contributed by atoms with Gasteiger partial charge in [0.25, 0.3) is 0 Å². The van der Waals surface area contributed by atoms with Gasteiger partial charge in [-0.2, -0.15) is 0 Å². The zero-order valence-corrected chi connectivity index (χ0v) is 19.6. The number of piperidine rings is 1. The molecular formula is C22H26ClN5O3S. The van der Waals surface area contributed by atoms with Crippen LogP contribution in [0.3, 0.4) is 0 Å². The zero-order valence-electron chi connectivity index (χ0n) is 18.0. The Balaban J connectivity index is 0.00000289. The van der Waals surface area contributed by atoms with Crippen LogP contribution in [-0.2, 0) is 4.79 Å². The minimum absolute atomic E-state index is 0. The second-order valence-electron chi connectivity index (χ2n) is 7.31. The van der Waals surface area contributed by atoms with Gasteiger partial charge in [0.2, 0.25) is 11.8 Å². The van der Waals surface area contributed by atoms with Gasteiger partial charge in [-0.1, -0.05) is 11.8 Å². The number of thioether (sulfide) groups is 1. The van der Waals surface area contributed by atoms with E-state index >= 15 is 0 Å². The molecule has 0 saturated carbocycles. The molecule has 3 heterocycles. The minimum Gasteiger partial charge on any atom is -0.497 e. The SMILES string of the molecule is COc1ccc(C2=NC3(CCNCC3)N=C2SCOc2ccc(NC(C)=O)cn2)cc1.Cl. The fraction of sp³-hybridized carbons (Fsp3) is 0.364. The highest BCUT2D eigenvalue weighted by Crippen LogP contribution is 2.34. The van der Waals surface area contributed by atoms with Crippen LogP contribution < -0.4 is 20.1 Å². The Bertz CT molecular complexity index is 990. The highest BCUT2D eigenvalue weighted by Gasteiger charge is 2.37. The number of methoxy groups -OCH3 is 1. The van der Waals surface area contributed by atoms with E-state index in [1.165, 1.54) is 18.7 Å². The van der Waals surface area contributed by atoms with Crippen molar-refractivity contribution in [3.8, 4) is 11.6 Å². The standard InChI is InChI=1S/C22H25N5O3S.ClH/c1-15(28)25-17-5-8-19(24-13-17)30-14-31-21-20(16-3-6-18(29-2)7-4-16)26-22(27-21)9-11-23-12-10-22;/h3-8,13,23H,9-12,14H2,1-2H3,(H,25,28);1H. The fourth-order valence-electron chi connectivity index (χ4n) is 3.50. The molecule has 4 rings (SSSR count). The number of hydrogen-bond donors (Lipinski definition) is 2. The smallest absolute Gasteiger partial charge is 0.221 e. The van der Waals surface area contributed by atoms with Gasteiger partial charge >= 0.3 is 0 Å². The predicted molar refractivity (Wildman–Crippen MR) is 131 cm³/mol. The van der Waals surface area contributed by atoms with E-state index in [1.807, 2.05) is 24.3 Å². The first kappa shape index (κ1) is 24.0. The van der Waals surface area contributed by atoms with Crippen molar-refractivity contribution in [3.05, 3.63) is 48.2 Å². The number of halogens is 1. The van der Waals surface area contributed by atoms with E-state index in [0.717, 1.165) is 48.0 Å². The molecule has 0 bridgehead atoms. The predicted octanol–water partition coefficient (Wildman–Crippen LogP) is 3.52. The highest BCUT2D eigenvalue weighted by atomic mass is 35.5. The average Bonchev–Trinajstić information content (AvgIpc) is 3.12. The maximum Gasteiger partial charge on any atom is 0.221 e. The van der Waals surface area contributed by atoms with Crippen LogP contribution in [-0.4, -0.2) is 53.4 Å². The molecule has 0 unspecified atom stereocenters. The largest absolute Gasteiger partial charge is 0.497 e. The summed E-state index contributed by atoms with van der Waals surface area (Å²) in [6, 6.07) is 11.4. The third-order valence-electron chi connectivity index (χ3n) is 5.06. The van der Waals surface area contributed by atoms with Crippen molar-refractivity contribution < 1.29 is 14.3 Å². The Labute approximate surface area is 197 Å². The first-order valence-electron chi connectivity index (χ1n) is 10.1. The summed E-state index contributed by atoms with van der Waals surface area (Å²) >= 11 is 1.51. The van der Waals surface area contributed by atoms with Crippen LogP contribution in [0.25, 0.3) is 0 Å². The van der Waals surface area contributed by atoms with Crippen LogP contribution in [0.1, 0.15) is 25.3 Å². The van der Waals surface area contributed by atoms with E-state index in [-0.39, 0.29) is 24.0 Å². The van der Waals surface area contributed by atoms with Crippen molar-refractivity contribution in [1.29, 1.82) is 0 Å². The van der Waals surface area contributed by atoms with Crippen molar-refractivity contribution in [3.63, 3.8) is 0 Å². The molecule has 1 spiro atoms. The quantitative estimate of drug-likeness (QED) is 0.620. The van der Waals surface area contributed by atoms with Gasteiger partial charge in [0, 0.05) is 31.4 Å².